The van der Waals surface area contributed by atoms with Crippen molar-refractivity contribution < 1.29 is 9.90 Å². The molecule has 0 radical (unpaired) electrons. The summed E-state index contributed by atoms with van der Waals surface area (Å²) in [5.41, 5.74) is 0. The highest BCUT2D eigenvalue weighted by molar-refractivity contribution is 8.00. The van der Waals surface area contributed by atoms with E-state index < -0.39 is 6.10 Å². The predicted octanol–water partition coefficient (Wildman–Crippen LogP) is 3.63. The third kappa shape index (κ3) is 5.20. The van der Waals surface area contributed by atoms with E-state index in [2.05, 4.69) is 5.32 Å². The molecular formula is C16H22ClNO2S. The molecule has 21 heavy (non-hydrogen) atoms. The van der Waals surface area contributed by atoms with E-state index in [4.69, 9.17) is 11.6 Å². The van der Waals surface area contributed by atoms with Gasteiger partial charge in [-0.1, -0.05) is 30.9 Å². The van der Waals surface area contributed by atoms with Crippen molar-refractivity contribution in [2.75, 3.05) is 0 Å². The molecule has 0 heterocycles. The Morgan fingerprint density at radius 1 is 1.29 bits per heavy atom. The van der Waals surface area contributed by atoms with Gasteiger partial charge in [0.1, 0.15) is 0 Å². The molecule has 1 amide bonds. The molecule has 3 atom stereocenters. The fourth-order valence-electron chi connectivity index (χ4n) is 2.53. The van der Waals surface area contributed by atoms with Gasteiger partial charge in [-0.15, -0.1) is 11.8 Å². The predicted molar refractivity (Wildman–Crippen MR) is 87.8 cm³/mol. The van der Waals surface area contributed by atoms with Crippen LogP contribution >= 0.6 is 23.4 Å². The number of thioether (sulfide) groups is 1. The average Bonchev–Trinajstić information content (AvgIpc) is 2.66. The number of hydrogen-bond acceptors (Lipinski definition) is 3. The Labute approximate surface area is 135 Å². The molecule has 2 rings (SSSR count). The lowest BCUT2D eigenvalue weighted by Crippen LogP contribution is -2.45. The zero-order chi connectivity index (χ0) is 15.2. The Bertz CT molecular complexity index is 466. The first-order chi connectivity index (χ1) is 10.1. The lowest BCUT2D eigenvalue weighted by atomic mass is 10.1. The van der Waals surface area contributed by atoms with E-state index in [1.165, 1.54) is 11.8 Å². The summed E-state index contributed by atoms with van der Waals surface area (Å²) in [5, 5.41) is 13.6. The van der Waals surface area contributed by atoms with Gasteiger partial charge >= 0.3 is 0 Å². The smallest absolute Gasteiger partial charge is 0.233 e. The summed E-state index contributed by atoms with van der Waals surface area (Å²) in [6, 6.07) is 7.37. The van der Waals surface area contributed by atoms with Gasteiger partial charge in [-0.3, -0.25) is 4.79 Å². The third-order valence-corrected chi connectivity index (χ3v) is 5.17. The molecule has 1 fully saturated rings. The number of halogens is 1. The molecule has 1 aromatic rings. The standard InChI is InChI=1S/C16H22ClNO2S/c1-11(21-13-9-7-12(17)8-10-13)16(20)18-14-5-3-2-4-6-15(14)19/h7-11,14-15,19H,2-6H2,1H3,(H,18,20). The van der Waals surface area contributed by atoms with Crippen molar-refractivity contribution in [3.8, 4) is 0 Å². The number of aliphatic hydroxyl groups excluding tert-OH is 1. The Morgan fingerprint density at radius 2 is 1.95 bits per heavy atom. The highest BCUT2D eigenvalue weighted by atomic mass is 35.5. The second-order valence-electron chi connectivity index (χ2n) is 5.53. The number of benzene rings is 1. The van der Waals surface area contributed by atoms with Crippen LogP contribution in [0.25, 0.3) is 0 Å². The number of hydrogen-bond donors (Lipinski definition) is 2. The molecule has 3 nitrogen and oxygen atoms in total. The minimum absolute atomic E-state index is 0.0131. The lowest BCUT2D eigenvalue weighted by molar-refractivity contribution is -0.121. The average molecular weight is 328 g/mol. The SMILES string of the molecule is CC(Sc1ccc(Cl)cc1)C(=O)NC1CCCCCC1O. The van der Waals surface area contributed by atoms with Crippen molar-refractivity contribution in [3.05, 3.63) is 29.3 Å². The van der Waals surface area contributed by atoms with E-state index in [9.17, 15) is 9.90 Å². The van der Waals surface area contributed by atoms with Crippen molar-refractivity contribution >= 4 is 29.3 Å². The first-order valence-corrected chi connectivity index (χ1v) is 8.72. The molecule has 0 bridgehead atoms. The highest BCUT2D eigenvalue weighted by Crippen LogP contribution is 2.25. The maximum atomic E-state index is 12.3. The minimum atomic E-state index is -0.413. The first-order valence-electron chi connectivity index (χ1n) is 7.47. The monoisotopic (exact) mass is 327 g/mol. The van der Waals surface area contributed by atoms with Gasteiger partial charge in [0.15, 0.2) is 0 Å². The molecule has 0 spiro atoms. The summed E-state index contributed by atoms with van der Waals surface area (Å²) >= 11 is 7.36. The normalized spacial score (nSPS) is 24.1. The lowest BCUT2D eigenvalue weighted by Gasteiger charge is -2.23. The number of amides is 1. The van der Waals surface area contributed by atoms with Gasteiger partial charge in [0.05, 0.1) is 17.4 Å². The van der Waals surface area contributed by atoms with E-state index in [0.717, 1.165) is 37.0 Å². The number of aliphatic hydroxyl groups is 1. The van der Waals surface area contributed by atoms with E-state index in [-0.39, 0.29) is 17.2 Å². The van der Waals surface area contributed by atoms with Crippen LogP contribution in [0.1, 0.15) is 39.0 Å². The molecule has 116 valence electrons. The molecular weight excluding hydrogens is 306 g/mol. The number of carbonyl (C=O) groups excluding carboxylic acids is 1. The Hall–Kier alpha value is -0.710. The summed E-state index contributed by atoms with van der Waals surface area (Å²) in [6.45, 7) is 1.89. The Balaban J connectivity index is 1.88. The molecule has 2 N–H and O–H groups in total. The van der Waals surface area contributed by atoms with Crippen LogP contribution in [0, 0.1) is 0 Å². The second-order valence-corrected chi connectivity index (χ2v) is 7.39. The van der Waals surface area contributed by atoms with Crippen molar-refractivity contribution in [1.29, 1.82) is 0 Å². The number of rotatable bonds is 4. The molecule has 3 unspecified atom stereocenters. The van der Waals surface area contributed by atoms with Crippen LogP contribution in [0.4, 0.5) is 0 Å². The molecule has 0 saturated heterocycles. The summed E-state index contributed by atoms with van der Waals surface area (Å²) in [6.07, 6.45) is 4.49. The quantitative estimate of drug-likeness (QED) is 0.656. The van der Waals surface area contributed by atoms with E-state index in [1.54, 1.807) is 0 Å². The molecule has 0 aromatic heterocycles. The van der Waals surface area contributed by atoms with Gasteiger partial charge in [0.2, 0.25) is 5.91 Å². The van der Waals surface area contributed by atoms with E-state index in [0.29, 0.717) is 5.02 Å². The number of carbonyl (C=O) groups is 1. The zero-order valence-corrected chi connectivity index (χ0v) is 13.8. The molecule has 0 aliphatic heterocycles. The second kappa shape index (κ2) is 8.06. The summed E-state index contributed by atoms with van der Waals surface area (Å²) in [4.78, 5) is 13.3. The van der Waals surface area contributed by atoms with Crippen LogP contribution < -0.4 is 5.32 Å². The van der Waals surface area contributed by atoms with Crippen molar-refractivity contribution in [3.63, 3.8) is 0 Å². The molecule has 1 aromatic carbocycles. The Kier molecular flexibility index (Phi) is 6.40. The van der Waals surface area contributed by atoms with Crippen LogP contribution in [0.3, 0.4) is 0 Å². The topological polar surface area (TPSA) is 49.3 Å². The first kappa shape index (κ1) is 16.7. The largest absolute Gasteiger partial charge is 0.391 e. The minimum Gasteiger partial charge on any atom is -0.391 e. The summed E-state index contributed by atoms with van der Waals surface area (Å²) < 4.78 is 0. The van der Waals surface area contributed by atoms with Gasteiger partial charge in [-0.2, -0.15) is 0 Å². The number of nitrogens with one attached hydrogen (secondary N) is 1. The van der Waals surface area contributed by atoms with Gasteiger partial charge in [0.25, 0.3) is 0 Å². The van der Waals surface area contributed by atoms with Crippen molar-refractivity contribution in [2.24, 2.45) is 0 Å². The molecule has 1 saturated carbocycles. The summed E-state index contributed by atoms with van der Waals surface area (Å²) in [7, 11) is 0. The molecule has 5 heteroatoms. The van der Waals surface area contributed by atoms with Gasteiger partial charge in [-0.25, -0.2) is 0 Å². The van der Waals surface area contributed by atoms with E-state index in [1.807, 2.05) is 31.2 Å². The fraction of sp³-hybridized carbons (Fsp3) is 0.562. The molecule has 1 aliphatic carbocycles. The Morgan fingerprint density at radius 3 is 2.67 bits per heavy atom. The highest BCUT2D eigenvalue weighted by Gasteiger charge is 2.25. The zero-order valence-electron chi connectivity index (χ0n) is 12.2. The van der Waals surface area contributed by atoms with Gasteiger partial charge in [0, 0.05) is 9.92 Å². The van der Waals surface area contributed by atoms with Crippen LogP contribution in [-0.2, 0) is 4.79 Å². The maximum Gasteiger partial charge on any atom is 0.233 e. The van der Waals surface area contributed by atoms with Crippen molar-refractivity contribution in [2.45, 2.75) is 61.3 Å². The van der Waals surface area contributed by atoms with E-state index >= 15 is 0 Å². The van der Waals surface area contributed by atoms with Crippen LogP contribution in [0.15, 0.2) is 29.2 Å². The molecule has 1 aliphatic rings. The summed E-state index contributed by atoms with van der Waals surface area (Å²) in [5.74, 6) is -0.0131. The van der Waals surface area contributed by atoms with Gasteiger partial charge < -0.3 is 10.4 Å². The van der Waals surface area contributed by atoms with Crippen LogP contribution in [0.2, 0.25) is 5.02 Å². The van der Waals surface area contributed by atoms with Crippen LogP contribution in [0.5, 0.6) is 0 Å². The van der Waals surface area contributed by atoms with Crippen molar-refractivity contribution in [1.82, 2.24) is 5.32 Å². The fourth-order valence-corrected chi connectivity index (χ4v) is 3.53. The van der Waals surface area contributed by atoms with Gasteiger partial charge in [-0.05, 0) is 44.0 Å². The third-order valence-electron chi connectivity index (χ3n) is 3.80. The van der Waals surface area contributed by atoms with Crippen LogP contribution in [-0.4, -0.2) is 28.4 Å². The maximum absolute atomic E-state index is 12.3.